The standard InChI is InChI=1S/C15H18ClFO/c1-15(2)8-10(7-12(18)9-15)6-11-4-3-5-13(16)14(11)17/h3-5,7,12,18H,6,8-9H2,1-2H3. The molecule has 2 rings (SSSR count). The molecule has 0 aromatic heterocycles. The third-order valence-corrected chi connectivity index (χ3v) is 3.64. The van der Waals surface area contributed by atoms with Crippen LogP contribution in [0.2, 0.25) is 5.02 Å². The first-order valence-electron chi connectivity index (χ1n) is 6.18. The molecular formula is C15H18ClFO. The Morgan fingerprint density at radius 1 is 1.44 bits per heavy atom. The molecule has 98 valence electrons. The maximum atomic E-state index is 13.8. The van der Waals surface area contributed by atoms with Gasteiger partial charge in [0, 0.05) is 0 Å². The van der Waals surface area contributed by atoms with Crippen LogP contribution in [0, 0.1) is 11.2 Å². The normalized spacial score (nSPS) is 22.7. The number of allylic oxidation sites excluding steroid dienone is 1. The first-order chi connectivity index (χ1) is 8.37. The molecule has 1 aliphatic carbocycles. The van der Waals surface area contributed by atoms with E-state index in [4.69, 9.17) is 11.6 Å². The Bertz CT molecular complexity index is 479. The molecule has 0 fully saturated rings. The highest BCUT2D eigenvalue weighted by atomic mass is 35.5. The van der Waals surface area contributed by atoms with E-state index >= 15 is 0 Å². The maximum Gasteiger partial charge on any atom is 0.145 e. The van der Waals surface area contributed by atoms with Crippen molar-refractivity contribution in [3.8, 4) is 0 Å². The monoisotopic (exact) mass is 268 g/mol. The summed E-state index contributed by atoms with van der Waals surface area (Å²) in [5.41, 5.74) is 1.75. The Hall–Kier alpha value is -0.860. The molecule has 1 unspecified atom stereocenters. The van der Waals surface area contributed by atoms with E-state index in [-0.39, 0.29) is 16.3 Å². The molecule has 1 aromatic rings. The predicted molar refractivity (Wildman–Crippen MR) is 72.2 cm³/mol. The molecule has 0 spiro atoms. The second kappa shape index (κ2) is 5.02. The minimum Gasteiger partial charge on any atom is -0.389 e. The summed E-state index contributed by atoms with van der Waals surface area (Å²) in [6, 6.07) is 5.05. The van der Waals surface area contributed by atoms with Crippen molar-refractivity contribution in [2.45, 2.75) is 39.2 Å². The number of hydrogen-bond acceptors (Lipinski definition) is 1. The van der Waals surface area contributed by atoms with Gasteiger partial charge in [-0.2, -0.15) is 0 Å². The molecule has 0 heterocycles. The van der Waals surface area contributed by atoms with Crippen LogP contribution in [0.4, 0.5) is 4.39 Å². The smallest absolute Gasteiger partial charge is 0.145 e. The van der Waals surface area contributed by atoms with Crippen LogP contribution in [-0.2, 0) is 6.42 Å². The molecule has 18 heavy (non-hydrogen) atoms. The van der Waals surface area contributed by atoms with E-state index in [0.717, 1.165) is 18.4 Å². The van der Waals surface area contributed by atoms with Crippen molar-refractivity contribution < 1.29 is 9.50 Å². The van der Waals surface area contributed by atoms with Crippen molar-refractivity contribution in [1.29, 1.82) is 0 Å². The van der Waals surface area contributed by atoms with Crippen LogP contribution in [0.15, 0.2) is 29.8 Å². The van der Waals surface area contributed by atoms with Crippen molar-refractivity contribution in [3.63, 3.8) is 0 Å². The van der Waals surface area contributed by atoms with Gasteiger partial charge in [0.05, 0.1) is 11.1 Å². The lowest BCUT2D eigenvalue weighted by molar-refractivity contribution is 0.138. The van der Waals surface area contributed by atoms with Gasteiger partial charge >= 0.3 is 0 Å². The molecular weight excluding hydrogens is 251 g/mol. The van der Waals surface area contributed by atoms with Crippen molar-refractivity contribution in [2.75, 3.05) is 0 Å². The SMILES string of the molecule is CC1(C)CC(Cc2cccc(Cl)c2F)=CC(O)C1. The Morgan fingerprint density at radius 3 is 2.83 bits per heavy atom. The van der Waals surface area contributed by atoms with Gasteiger partial charge < -0.3 is 5.11 Å². The van der Waals surface area contributed by atoms with E-state index in [0.29, 0.717) is 12.0 Å². The first kappa shape index (κ1) is 13.6. The van der Waals surface area contributed by atoms with Gasteiger partial charge in [-0.15, -0.1) is 0 Å². The van der Waals surface area contributed by atoms with Gasteiger partial charge in [-0.3, -0.25) is 0 Å². The van der Waals surface area contributed by atoms with Gasteiger partial charge in [0.25, 0.3) is 0 Å². The third-order valence-electron chi connectivity index (χ3n) is 3.34. The average Bonchev–Trinajstić information content (AvgIpc) is 2.22. The quantitative estimate of drug-likeness (QED) is 0.800. The van der Waals surface area contributed by atoms with Crippen LogP contribution in [0.5, 0.6) is 0 Å². The topological polar surface area (TPSA) is 20.2 Å². The minimum absolute atomic E-state index is 0.0680. The summed E-state index contributed by atoms with van der Waals surface area (Å²) in [5, 5.41) is 9.98. The lowest BCUT2D eigenvalue weighted by Gasteiger charge is -2.32. The van der Waals surface area contributed by atoms with Gasteiger partial charge in [0.15, 0.2) is 0 Å². The zero-order valence-corrected chi connectivity index (χ0v) is 11.5. The fraction of sp³-hybridized carbons (Fsp3) is 0.467. The molecule has 0 bridgehead atoms. The molecule has 1 aliphatic rings. The molecule has 1 atom stereocenters. The summed E-state index contributed by atoms with van der Waals surface area (Å²) in [6.07, 6.45) is 3.59. The highest BCUT2D eigenvalue weighted by molar-refractivity contribution is 6.30. The highest BCUT2D eigenvalue weighted by Gasteiger charge is 2.27. The van der Waals surface area contributed by atoms with E-state index < -0.39 is 6.10 Å². The number of aliphatic hydroxyl groups excluding tert-OH is 1. The summed E-state index contributed by atoms with van der Waals surface area (Å²) in [6.45, 7) is 4.25. The number of hydrogen-bond donors (Lipinski definition) is 1. The van der Waals surface area contributed by atoms with Crippen LogP contribution in [0.3, 0.4) is 0 Å². The summed E-state index contributed by atoms with van der Waals surface area (Å²) in [7, 11) is 0. The van der Waals surface area contributed by atoms with E-state index in [2.05, 4.69) is 13.8 Å². The van der Waals surface area contributed by atoms with Gasteiger partial charge in [-0.05, 0) is 36.3 Å². The highest BCUT2D eigenvalue weighted by Crippen LogP contribution is 2.37. The predicted octanol–water partition coefficient (Wildman–Crippen LogP) is 4.13. The molecule has 1 N–H and O–H groups in total. The van der Waals surface area contributed by atoms with Crippen molar-refractivity contribution in [1.82, 2.24) is 0 Å². The molecule has 0 saturated heterocycles. The van der Waals surface area contributed by atoms with Crippen LogP contribution < -0.4 is 0 Å². The van der Waals surface area contributed by atoms with Crippen molar-refractivity contribution >= 4 is 11.6 Å². The van der Waals surface area contributed by atoms with Gasteiger partial charge in [-0.1, -0.05) is 49.2 Å². The summed E-state index contributed by atoms with van der Waals surface area (Å²) < 4.78 is 13.8. The molecule has 1 nitrogen and oxygen atoms in total. The Morgan fingerprint density at radius 2 is 2.17 bits per heavy atom. The third kappa shape index (κ3) is 3.12. The zero-order valence-electron chi connectivity index (χ0n) is 10.7. The largest absolute Gasteiger partial charge is 0.389 e. The molecule has 1 aromatic carbocycles. The summed E-state index contributed by atoms with van der Waals surface area (Å²) >= 11 is 5.77. The molecule has 0 aliphatic heterocycles. The number of aliphatic hydroxyl groups is 1. The van der Waals surface area contributed by atoms with Crippen LogP contribution >= 0.6 is 11.6 Å². The first-order valence-corrected chi connectivity index (χ1v) is 6.56. The van der Waals surface area contributed by atoms with Gasteiger partial charge in [-0.25, -0.2) is 4.39 Å². The fourth-order valence-corrected chi connectivity index (χ4v) is 2.89. The molecule has 3 heteroatoms. The van der Waals surface area contributed by atoms with Gasteiger partial charge in [0.2, 0.25) is 0 Å². The fourth-order valence-electron chi connectivity index (χ4n) is 2.69. The van der Waals surface area contributed by atoms with E-state index in [1.165, 1.54) is 0 Å². The Labute approximate surface area is 112 Å². The number of benzene rings is 1. The zero-order chi connectivity index (χ0) is 13.3. The van der Waals surface area contributed by atoms with E-state index in [9.17, 15) is 9.50 Å². The lowest BCUT2D eigenvalue weighted by atomic mass is 9.75. The molecule has 0 radical (unpaired) electrons. The number of rotatable bonds is 2. The number of halogens is 2. The van der Waals surface area contributed by atoms with E-state index in [1.807, 2.05) is 6.08 Å². The Balaban J connectivity index is 2.21. The summed E-state index contributed by atoms with van der Waals surface area (Å²) in [5.74, 6) is -0.349. The van der Waals surface area contributed by atoms with E-state index in [1.54, 1.807) is 18.2 Å². The van der Waals surface area contributed by atoms with Crippen LogP contribution in [-0.4, -0.2) is 11.2 Å². The second-order valence-corrected chi connectivity index (χ2v) is 6.23. The van der Waals surface area contributed by atoms with Crippen LogP contribution in [0.25, 0.3) is 0 Å². The lowest BCUT2D eigenvalue weighted by Crippen LogP contribution is -2.25. The minimum atomic E-state index is -0.425. The maximum absolute atomic E-state index is 13.8. The Kier molecular flexibility index (Phi) is 3.79. The van der Waals surface area contributed by atoms with Crippen molar-refractivity contribution in [2.24, 2.45) is 5.41 Å². The van der Waals surface area contributed by atoms with Crippen LogP contribution in [0.1, 0.15) is 32.3 Å². The average molecular weight is 269 g/mol. The second-order valence-electron chi connectivity index (χ2n) is 5.83. The summed E-state index contributed by atoms with van der Waals surface area (Å²) in [4.78, 5) is 0. The van der Waals surface area contributed by atoms with Gasteiger partial charge in [0.1, 0.15) is 5.82 Å². The molecule has 0 amide bonds. The van der Waals surface area contributed by atoms with Crippen molar-refractivity contribution in [3.05, 3.63) is 46.3 Å². The molecule has 0 saturated carbocycles.